The number of aliphatic hydroxyl groups excluding tert-OH is 1. The van der Waals surface area contributed by atoms with Crippen molar-refractivity contribution in [2.24, 2.45) is 5.92 Å². The van der Waals surface area contributed by atoms with Gasteiger partial charge >= 0.3 is 5.76 Å². The van der Waals surface area contributed by atoms with Crippen molar-refractivity contribution in [3.05, 3.63) is 47.5 Å². The number of carbonyl (C=O) groups is 1. The van der Waals surface area contributed by atoms with E-state index in [9.17, 15) is 14.7 Å². The molecule has 1 N–H and O–H groups in total. The molecule has 1 heterocycles. The van der Waals surface area contributed by atoms with Crippen LogP contribution in [-0.4, -0.2) is 21.7 Å². The van der Waals surface area contributed by atoms with Crippen molar-refractivity contribution in [3.63, 3.8) is 0 Å². The first kappa shape index (κ1) is 12.3. The number of hydrogen-bond donors (Lipinski definition) is 1. The van der Waals surface area contributed by atoms with Crippen LogP contribution >= 0.6 is 0 Å². The molecular weight excluding hydrogens is 234 g/mol. The van der Waals surface area contributed by atoms with Gasteiger partial charge in [-0.15, -0.1) is 6.58 Å². The zero-order chi connectivity index (χ0) is 13.3. The number of rotatable bonds is 3. The van der Waals surface area contributed by atoms with Crippen LogP contribution in [0.1, 0.15) is 11.7 Å². The Bertz CT molecular complexity index is 652. The molecule has 5 heteroatoms. The molecule has 0 aliphatic rings. The highest BCUT2D eigenvalue weighted by Gasteiger charge is 2.25. The molecule has 0 radical (unpaired) electrons. The van der Waals surface area contributed by atoms with Crippen molar-refractivity contribution in [1.29, 1.82) is 0 Å². The number of carbonyl (C=O) groups excluding carboxylic acids is 1. The molecule has 1 aromatic carbocycles. The lowest BCUT2D eigenvalue weighted by Gasteiger charge is -2.13. The Morgan fingerprint density at radius 2 is 2.17 bits per heavy atom. The van der Waals surface area contributed by atoms with Crippen molar-refractivity contribution in [2.75, 3.05) is 0 Å². The van der Waals surface area contributed by atoms with E-state index in [1.807, 2.05) is 0 Å². The maximum Gasteiger partial charge on any atom is 0.426 e. The summed E-state index contributed by atoms with van der Waals surface area (Å²) in [5, 5.41) is 9.57. The number of hydrogen-bond acceptors (Lipinski definition) is 4. The van der Waals surface area contributed by atoms with E-state index >= 15 is 0 Å². The highest BCUT2D eigenvalue weighted by Crippen LogP contribution is 2.15. The Balaban J connectivity index is 2.54. The van der Waals surface area contributed by atoms with Crippen LogP contribution < -0.4 is 5.76 Å². The molecule has 2 atom stereocenters. The Kier molecular flexibility index (Phi) is 3.16. The minimum Gasteiger partial charge on any atom is -0.407 e. The van der Waals surface area contributed by atoms with Gasteiger partial charge in [0, 0.05) is 0 Å². The standard InChI is InChI=1S/C13H13NO4/c1-3-10(15)8(2)12(16)14-9-6-4-5-7-11(9)18-13(14)17/h3-8,10,15H,1H2,2H3/t8-,10+/m0/s1. The van der Waals surface area contributed by atoms with Crippen LogP contribution in [0.2, 0.25) is 0 Å². The SMILES string of the molecule is C=C[C@@H](O)[C@H](C)C(=O)n1c(=O)oc2ccccc21. The van der Waals surface area contributed by atoms with Gasteiger partial charge in [-0.05, 0) is 12.1 Å². The Labute approximate surface area is 103 Å². The van der Waals surface area contributed by atoms with Crippen LogP contribution in [0, 0.1) is 5.92 Å². The average Bonchev–Trinajstić information content (AvgIpc) is 2.71. The summed E-state index contributed by atoms with van der Waals surface area (Å²) in [5.74, 6) is -2.03. The summed E-state index contributed by atoms with van der Waals surface area (Å²) in [6.45, 7) is 4.95. The molecule has 0 fully saturated rings. The predicted octanol–water partition coefficient (Wildman–Crippen LogP) is 1.42. The van der Waals surface area contributed by atoms with Crippen LogP contribution in [0.5, 0.6) is 0 Å². The number of oxazole rings is 1. The van der Waals surface area contributed by atoms with Crippen molar-refractivity contribution < 1.29 is 14.3 Å². The molecule has 0 spiro atoms. The second-order valence-electron chi connectivity index (χ2n) is 4.02. The maximum absolute atomic E-state index is 12.1. The van der Waals surface area contributed by atoms with Crippen LogP contribution in [0.4, 0.5) is 0 Å². The van der Waals surface area contributed by atoms with Gasteiger partial charge in [0.15, 0.2) is 5.58 Å². The van der Waals surface area contributed by atoms with Crippen LogP contribution in [0.3, 0.4) is 0 Å². The molecule has 0 aliphatic carbocycles. The lowest BCUT2D eigenvalue weighted by molar-refractivity contribution is 0.0714. The van der Waals surface area contributed by atoms with E-state index in [0.717, 1.165) is 4.57 Å². The van der Waals surface area contributed by atoms with Gasteiger partial charge in [0.1, 0.15) is 0 Å². The first-order valence-corrected chi connectivity index (χ1v) is 5.51. The molecular formula is C13H13NO4. The molecule has 0 amide bonds. The van der Waals surface area contributed by atoms with Crippen LogP contribution in [0.15, 0.2) is 46.1 Å². The Morgan fingerprint density at radius 3 is 2.83 bits per heavy atom. The minimum absolute atomic E-state index is 0.344. The molecule has 2 aromatic rings. The molecule has 5 nitrogen and oxygen atoms in total. The molecule has 18 heavy (non-hydrogen) atoms. The quantitative estimate of drug-likeness (QED) is 0.832. The lowest BCUT2D eigenvalue weighted by atomic mass is 10.0. The zero-order valence-electron chi connectivity index (χ0n) is 9.87. The zero-order valence-corrected chi connectivity index (χ0v) is 9.87. The lowest BCUT2D eigenvalue weighted by Crippen LogP contribution is -2.33. The van der Waals surface area contributed by atoms with Crippen molar-refractivity contribution in [1.82, 2.24) is 4.57 Å². The van der Waals surface area contributed by atoms with Gasteiger partial charge in [-0.2, -0.15) is 0 Å². The Hall–Kier alpha value is -2.14. The summed E-state index contributed by atoms with van der Waals surface area (Å²) in [6, 6.07) is 6.64. The number of aromatic nitrogens is 1. The van der Waals surface area contributed by atoms with E-state index in [2.05, 4.69) is 6.58 Å². The highest BCUT2D eigenvalue weighted by molar-refractivity contribution is 5.90. The molecule has 0 aliphatic heterocycles. The topological polar surface area (TPSA) is 72.4 Å². The van der Waals surface area contributed by atoms with Crippen LogP contribution in [0.25, 0.3) is 11.1 Å². The summed E-state index contributed by atoms with van der Waals surface area (Å²) >= 11 is 0. The number of fused-ring (bicyclic) bond motifs is 1. The van der Waals surface area contributed by atoms with Crippen molar-refractivity contribution >= 4 is 17.0 Å². The average molecular weight is 247 g/mol. The third kappa shape index (κ3) is 1.89. The summed E-state index contributed by atoms with van der Waals surface area (Å²) in [6.07, 6.45) is 0.258. The largest absolute Gasteiger partial charge is 0.426 e. The molecule has 0 bridgehead atoms. The van der Waals surface area contributed by atoms with E-state index in [1.165, 1.54) is 13.0 Å². The summed E-state index contributed by atoms with van der Waals surface area (Å²) < 4.78 is 5.90. The predicted molar refractivity (Wildman–Crippen MR) is 66.5 cm³/mol. The van der Waals surface area contributed by atoms with Gasteiger partial charge < -0.3 is 9.52 Å². The minimum atomic E-state index is -1.00. The van der Waals surface area contributed by atoms with Gasteiger partial charge in [-0.25, -0.2) is 9.36 Å². The highest BCUT2D eigenvalue weighted by atomic mass is 16.4. The number of benzene rings is 1. The van der Waals surface area contributed by atoms with E-state index in [0.29, 0.717) is 11.1 Å². The molecule has 2 rings (SSSR count). The first-order chi connectivity index (χ1) is 8.56. The summed E-state index contributed by atoms with van der Waals surface area (Å²) in [5.41, 5.74) is 0.742. The first-order valence-electron chi connectivity index (χ1n) is 5.51. The van der Waals surface area contributed by atoms with Gasteiger partial charge in [-0.1, -0.05) is 25.1 Å². The second-order valence-corrected chi connectivity index (χ2v) is 4.02. The van der Waals surface area contributed by atoms with Crippen molar-refractivity contribution in [3.8, 4) is 0 Å². The molecule has 0 unspecified atom stereocenters. The maximum atomic E-state index is 12.1. The van der Waals surface area contributed by atoms with Gasteiger partial charge in [0.25, 0.3) is 0 Å². The third-order valence-corrected chi connectivity index (χ3v) is 2.85. The number of nitrogens with zero attached hydrogens (tertiary/aromatic N) is 1. The molecule has 0 saturated carbocycles. The summed E-state index contributed by atoms with van der Waals surface area (Å²) in [4.78, 5) is 23.8. The normalized spacial score (nSPS) is 14.3. The van der Waals surface area contributed by atoms with E-state index in [4.69, 9.17) is 4.42 Å². The smallest absolute Gasteiger partial charge is 0.407 e. The second kappa shape index (κ2) is 4.62. The fourth-order valence-corrected chi connectivity index (χ4v) is 1.73. The molecule has 94 valence electrons. The fourth-order valence-electron chi connectivity index (χ4n) is 1.73. The van der Waals surface area contributed by atoms with Crippen LogP contribution in [-0.2, 0) is 0 Å². The number of aliphatic hydroxyl groups is 1. The van der Waals surface area contributed by atoms with Crippen molar-refractivity contribution in [2.45, 2.75) is 13.0 Å². The molecule has 1 aromatic heterocycles. The monoisotopic (exact) mass is 247 g/mol. The molecule has 0 saturated heterocycles. The third-order valence-electron chi connectivity index (χ3n) is 2.85. The van der Waals surface area contributed by atoms with Gasteiger partial charge in [0.2, 0.25) is 5.91 Å². The number of para-hydroxylation sites is 2. The fraction of sp³-hybridized carbons (Fsp3) is 0.231. The van der Waals surface area contributed by atoms with Gasteiger partial charge in [0.05, 0.1) is 17.5 Å². The van der Waals surface area contributed by atoms with E-state index in [-0.39, 0.29) is 0 Å². The van der Waals surface area contributed by atoms with E-state index < -0.39 is 23.7 Å². The Morgan fingerprint density at radius 1 is 1.50 bits per heavy atom. The van der Waals surface area contributed by atoms with Gasteiger partial charge in [-0.3, -0.25) is 4.79 Å². The summed E-state index contributed by atoms with van der Waals surface area (Å²) in [7, 11) is 0. The van der Waals surface area contributed by atoms with E-state index in [1.54, 1.807) is 24.3 Å².